The third-order valence-corrected chi connectivity index (χ3v) is 4.89. The van der Waals surface area contributed by atoms with Gasteiger partial charge in [-0.05, 0) is 35.5 Å². The van der Waals surface area contributed by atoms with Gasteiger partial charge >= 0.3 is 7.12 Å². The highest BCUT2D eigenvalue weighted by molar-refractivity contribution is 6.61. The van der Waals surface area contributed by atoms with E-state index in [0.29, 0.717) is 5.92 Å². The molecule has 4 heteroatoms. The van der Waals surface area contributed by atoms with Crippen LogP contribution in [0, 0.1) is 18.3 Å². The molecule has 0 aliphatic carbocycles. The molecule has 1 fully saturated rings. The monoisotopic (exact) mass is 365 g/mol. The summed E-state index contributed by atoms with van der Waals surface area (Å²) in [5.41, 5.74) is 5.09. The number of benzene rings is 2. The zero-order chi connectivity index (χ0) is 19.4. The summed E-state index contributed by atoms with van der Waals surface area (Å²) in [7, 11) is -0.251. The van der Waals surface area contributed by atoms with Gasteiger partial charge in [0.25, 0.3) is 0 Å². The quantitative estimate of drug-likeness (QED) is 0.707. The summed E-state index contributed by atoms with van der Waals surface area (Å²) in [6.45, 7) is 14.5. The summed E-state index contributed by atoms with van der Waals surface area (Å²) in [5.74, 6) is 0.597. The van der Waals surface area contributed by atoms with E-state index in [2.05, 4.69) is 88.0 Å². The van der Waals surface area contributed by atoms with Crippen molar-refractivity contribution < 1.29 is 9.31 Å². The number of nitrogens with zero attached hydrogens (tertiary/aromatic N) is 1. The Labute approximate surface area is 164 Å². The lowest BCUT2D eigenvalue weighted by atomic mass is 9.75. The van der Waals surface area contributed by atoms with Gasteiger partial charge in [-0.2, -0.15) is 0 Å². The van der Waals surface area contributed by atoms with E-state index in [-0.39, 0.29) is 12.5 Å². The smallest absolute Gasteiger partial charge is 0.407 e. The van der Waals surface area contributed by atoms with E-state index < -0.39 is 0 Å². The van der Waals surface area contributed by atoms with Gasteiger partial charge in [-0.15, -0.1) is 0 Å². The summed E-state index contributed by atoms with van der Waals surface area (Å²) < 4.78 is 11.9. The minimum Gasteiger partial charge on any atom is -0.407 e. The van der Waals surface area contributed by atoms with E-state index in [0.717, 1.165) is 31.8 Å². The van der Waals surface area contributed by atoms with Gasteiger partial charge in [0, 0.05) is 37.4 Å². The lowest BCUT2D eigenvalue weighted by molar-refractivity contribution is 0.0343. The molecule has 3 rings (SSSR count). The molecule has 0 atom stereocenters. The number of anilines is 1. The summed E-state index contributed by atoms with van der Waals surface area (Å²) in [5, 5.41) is 0. The number of hydrogen-bond donors (Lipinski definition) is 0. The molecule has 0 unspecified atom stereocenters. The molecule has 2 aromatic rings. The maximum atomic E-state index is 5.96. The molecule has 1 heterocycles. The third kappa shape index (κ3) is 5.37. The summed E-state index contributed by atoms with van der Waals surface area (Å²) >= 11 is 0. The van der Waals surface area contributed by atoms with Gasteiger partial charge < -0.3 is 14.2 Å². The van der Waals surface area contributed by atoms with Crippen LogP contribution in [0.2, 0.25) is 0 Å². The first-order chi connectivity index (χ1) is 12.8. The molecule has 0 spiro atoms. The van der Waals surface area contributed by atoms with Gasteiger partial charge in [0.15, 0.2) is 0 Å². The molecule has 0 saturated carbocycles. The highest BCUT2D eigenvalue weighted by Gasteiger charge is 2.33. The Hall–Kier alpha value is -1.78. The normalized spacial score (nSPS) is 16.6. The SMILES string of the molecule is Cc1cc(B2OCC(C)(C)CO2)ccc1N(Cc1ccccc1)CC(C)C. The Morgan fingerprint density at radius 1 is 1.04 bits per heavy atom. The van der Waals surface area contributed by atoms with Crippen molar-refractivity contribution in [2.75, 3.05) is 24.7 Å². The fourth-order valence-electron chi connectivity index (χ4n) is 3.56. The fraction of sp³-hybridized carbons (Fsp3) is 0.478. The second-order valence-corrected chi connectivity index (χ2v) is 8.92. The van der Waals surface area contributed by atoms with Crippen LogP contribution in [0.3, 0.4) is 0 Å². The highest BCUT2D eigenvalue weighted by atomic mass is 16.6. The van der Waals surface area contributed by atoms with Gasteiger partial charge in [-0.1, -0.05) is 70.2 Å². The standard InChI is InChI=1S/C23H32BNO2/c1-18(2)14-25(15-20-9-7-6-8-10-20)22-12-11-21(13-19(22)3)24-26-16-23(4,5)17-27-24/h6-13,18H,14-17H2,1-5H3. The van der Waals surface area contributed by atoms with Crippen molar-refractivity contribution in [3.63, 3.8) is 0 Å². The van der Waals surface area contributed by atoms with Crippen molar-refractivity contribution in [1.29, 1.82) is 0 Å². The van der Waals surface area contributed by atoms with Crippen molar-refractivity contribution >= 4 is 18.3 Å². The fourth-order valence-corrected chi connectivity index (χ4v) is 3.56. The molecule has 27 heavy (non-hydrogen) atoms. The van der Waals surface area contributed by atoms with E-state index in [1.807, 2.05) is 0 Å². The first-order valence-electron chi connectivity index (χ1n) is 9.97. The summed E-state index contributed by atoms with van der Waals surface area (Å²) in [6.07, 6.45) is 0. The van der Waals surface area contributed by atoms with Crippen LogP contribution in [-0.2, 0) is 15.9 Å². The molecule has 144 valence electrons. The first kappa shape index (κ1) is 20.0. The molecule has 2 aromatic carbocycles. The Balaban J connectivity index is 1.79. The van der Waals surface area contributed by atoms with Crippen LogP contribution in [0.25, 0.3) is 0 Å². The molecule has 1 aliphatic rings. The van der Waals surface area contributed by atoms with Crippen LogP contribution >= 0.6 is 0 Å². The second kappa shape index (κ2) is 8.49. The number of aryl methyl sites for hydroxylation is 1. The topological polar surface area (TPSA) is 21.7 Å². The number of rotatable bonds is 6. The maximum Gasteiger partial charge on any atom is 0.493 e. The van der Waals surface area contributed by atoms with E-state index in [1.54, 1.807) is 0 Å². The van der Waals surface area contributed by atoms with Crippen molar-refractivity contribution in [3.8, 4) is 0 Å². The van der Waals surface area contributed by atoms with E-state index in [1.165, 1.54) is 16.8 Å². The Bertz CT molecular complexity index is 735. The van der Waals surface area contributed by atoms with E-state index >= 15 is 0 Å². The van der Waals surface area contributed by atoms with Crippen LogP contribution in [-0.4, -0.2) is 26.9 Å². The van der Waals surface area contributed by atoms with E-state index in [4.69, 9.17) is 9.31 Å². The lowest BCUT2D eigenvalue weighted by Crippen LogP contribution is -2.47. The Kier molecular flexibility index (Phi) is 6.28. The van der Waals surface area contributed by atoms with Crippen LogP contribution < -0.4 is 10.4 Å². The molecule has 1 aliphatic heterocycles. The van der Waals surface area contributed by atoms with Crippen LogP contribution in [0.5, 0.6) is 0 Å². The van der Waals surface area contributed by atoms with Crippen molar-refractivity contribution in [3.05, 3.63) is 59.7 Å². The van der Waals surface area contributed by atoms with Crippen LogP contribution in [0.4, 0.5) is 5.69 Å². The van der Waals surface area contributed by atoms with Gasteiger partial charge in [0.05, 0.1) is 0 Å². The van der Waals surface area contributed by atoms with Crippen molar-refractivity contribution in [2.24, 2.45) is 11.3 Å². The molecule has 0 bridgehead atoms. The predicted molar refractivity (Wildman–Crippen MR) is 115 cm³/mol. The average molecular weight is 365 g/mol. The Morgan fingerprint density at radius 3 is 2.30 bits per heavy atom. The minimum absolute atomic E-state index is 0.0925. The lowest BCUT2D eigenvalue weighted by Gasteiger charge is -2.33. The van der Waals surface area contributed by atoms with Crippen molar-refractivity contribution in [1.82, 2.24) is 0 Å². The van der Waals surface area contributed by atoms with Crippen LogP contribution in [0.15, 0.2) is 48.5 Å². The maximum absolute atomic E-state index is 5.96. The zero-order valence-electron chi connectivity index (χ0n) is 17.4. The predicted octanol–water partition coefficient (Wildman–Crippen LogP) is 4.43. The molecule has 0 N–H and O–H groups in total. The van der Waals surface area contributed by atoms with Gasteiger partial charge in [0.2, 0.25) is 0 Å². The molecule has 1 saturated heterocycles. The summed E-state index contributed by atoms with van der Waals surface area (Å²) in [4.78, 5) is 2.48. The van der Waals surface area contributed by atoms with Crippen LogP contribution in [0.1, 0.15) is 38.8 Å². The van der Waals surface area contributed by atoms with E-state index in [9.17, 15) is 0 Å². The molecule has 3 nitrogen and oxygen atoms in total. The molecule has 0 aromatic heterocycles. The van der Waals surface area contributed by atoms with Crippen molar-refractivity contribution in [2.45, 2.75) is 41.2 Å². The highest BCUT2D eigenvalue weighted by Crippen LogP contribution is 2.25. The largest absolute Gasteiger partial charge is 0.493 e. The third-order valence-electron chi connectivity index (χ3n) is 4.89. The first-order valence-corrected chi connectivity index (χ1v) is 9.97. The number of hydrogen-bond acceptors (Lipinski definition) is 3. The summed E-state index contributed by atoms with van der Waals surface area (Å²) in [6, 6.07) is 17.3. The van der Waals surface area contributed by atoms with Gasteiger partial charge in [-0.25, -0.2) is 0 Å². The Morgan fingerprint density at radius 2 is 1.70 bits per heavy atom. The second-order valence-electron chi connectivity index (χ2n) is 8.92. The average Bonchev–Trinajstić information content (AvgIpc) is 2.61. The van der Waals surface area contributed by atoms with Gasteiger partial charge in [0.1, 0.15) is 0 Å². The van der Waals surface area contributed by atoms with Gasteiger partial charge in [-0.3, -0.25) is 0 Å². The molecular formula is C23H32BNO2. The minimum atomic E-state index is -0.251. The molecule has 0 amide bonds. The zero-order valence-corrected chi connectivity index (χ0v) is 17.4. The molecular weight excluding hydrogens is 333 g/mol. The molecule has 0 radical (unpaired) electrons.